The van der Waals surface area contributed by atoms with Crippen LogP contribution in [0.25, 0.3) is 0 Å². The summed E-state index contributed by atoms with van der Waals surface area (Å²) in [6, 6.07) is 6.54. The van der Waals surface area contributed by atoms with Crippen LogP contribution in [0.1, 0.15) is 23.6 Å². The first-order valence-corrected chi connectivity index (χ1v) is 7.45. The molecule has 0 saturated heterocycles. The van der Waals surface area contributed by atoms with E-state index in [1.165, 1.54) is 0 Å². The zero-order chi connectivity index (χ0) is 19.5. The highest BCUT2D eigenvalue weighted by molar-refractivity contribution is 5.99. The van der Waals surface area contributed by atoms with Gasteiger partial charge in [-0.15, -0.1) is 0 Å². The van der Waals surface area contributed by atoms with E-state index in [-0.39, 0.29) is 6.07 Å². The zero-order valence-electron chi connectivity index (χ0n) is 13.4. The van der Waals surface area contributed by atoms with Crippen molar-refractivity contribution >= 4 is 17.4 Å². The minimum atomic E-state index is -4.98. The van der Waals surface area contributed by atoms with Gasteiger partial charge in [-0.2, -0.15) is 26.3 Å². The lowest BCUT2D eigenvalue weighted by molar-refractivity contribution is -0.143. The van der Waals surface area contributed by atoms with Gasteiger partial charge in [0.1, 0.15) is 0 Å². The second kappa shape index (κ2) is 7.27. The number of nitrogens with one attached hydrogen (secondary N) is 2. The summed E-state index contributed by atoms with van der Waals surface area (Å²) < 4.78 is 76.8. The molecular formula is C17H14F6N2O. The van der Waals surface area contributed by atoms with E-state index in [0.29, 0.717) is 17.8 Å². The quantitative estimate of drug-likeness (QED) is 0.641. The minimum absolute atomic E-state index is 0.00738. The number of carbonyl (C=O) groups is 1. The number of carbonyl (C=O) groups excluding carboxylic acids is 1. The molecule has 26 heavy (non-hydrogen) atoms. The number of amides is 2. The predicted molar refractivity (Wildman–Crippen MR) is 84.9 cm³/mol. The maximum Gasteiger partial charge on any atom is 0.416 e. The SMILES string of the molecule is CCc1ccc(NC(=O)Nc2cc(C(F)(F)F)cc(C(F)(F)F)c2)cc1. The monoisotopic (exact) mass is 376 g/mol. The van der Waals surface area contributed by atoms with Crippen molar-refractivity contribution in [3.8, 4) is 0 Å². The van der Waals surface area contributed by atoms with Crippen molar-refractivity contribution in [3.63, 3.8) is 0 Å². The number of aryl methyl sites for hydroxylation is 1. The molecule has 2 aromatic carbocycles. The molecule has 0 saturated carbocycles. The van der Waals surface area contributed by atoms with Crippen molar-refractivity contribution < 1.29 is 31.1 Å². The number of urea groups is 1. The number of benzene rings is 2. The Balaban J connectivity index is 2.22. The number of hydrogen-bond acceptors (Lipinski definition) is 1. The summed E-state index contributed by atoms with van der Waals surface area (Å²) in [5.41, 5.74) is -2.27. The van der Waals surface area contributed by atoms with Gasteiger partial charge in [0.15, 0.2) is 0 Å². The smallest absolute Gasteiger partial charge is 0.308 e. The van der Waals surface area contributed by atoms with Crippen molar-refractivity contribution in [2.75, 3.05) is 10.6 Å². The topological polar surface area (TPSA) is 41.1 Å². The van der Waals surface area contributed by atoms with Crippen LogP contribution >= 0.6 is 0 Å². The predicted octanol–water partition coefficient (Wildman–Crippen LogP) is 5.93. The van der Waals surface area contributed by atoms with Crippen LogP contribution in [0.5, 0.6) is 0 Å². The van der Waals surface area contributed by atoms with E-state index in [1.807, 2.05) is 12.2 Å². The lowest BCUT2D eigenvalue weighted by Crippen LogP contribution is -2.20. The van der Waals surface area contributed by atoms with Gasteiger partial charge in [0.2, 0.25) is 0 Å². The molecule has 0 unspecified atom stereocenters. The molecule has 0 fully saturated rings. The Morgan fingerprint density at radius 2 is 1.27 bits per heavy atom. The van der Waals surface area contributed by atoms with Gasteiger partial charge >= 0.3 is 18.4 Å². The van der Waals surface area contributed by atoms with Crippen LogP contribution in [0.3, 0.4) is 0 Å². The van der Waals surface area contributed by atoms with Crippen molar-refractivity contribution in [2.45, 2.75) is 25.7 Å². The van der Waals surface area contributed by atoms with Crippen LogP contribution in [0, 0.1) is 0 Å². The summed E-state index contributed by atoms with van der Waals surface area (Å²) in [4.78, 5) is 11.9. The molecule has 0 heterocycles. The molecule has 0 bridgehead atoms. The zero-order valence-corrected chi connectivity index (χ0v) is 13.4. The number of halogens is 6. The lowest BCUT2D eigenvalue weighted by Gasteiger charge is -2.15. The third-order valence-corrected chi connectivity index (χ3v) is 3.47. The Labute approximate surface area is 145 Å². The molecular weight excluding hydrogens is 362 g/mol. The van der Waals surface area contributed by atoms with Gasteiger partial charge in [0.05, 0.1) is 11.1 Å². The van der Waals surface area contributed by atoms with E-state index >= 15 is 0 Å². The molecule has 2 N–H and O–H groups in total. The number of hydrogen-bond donors (Lipinski definition) is 2. The van der Waals surface area contributed by atoms with Crippen LogP contribution in [0.4, 0.5) is 42.5 Å². The molecule has 0 aliphatic carbocycles. The number of anilines is 2. The highest BCUT2D eigenvalue weighted by Crippen LogP contribution is 2.37. The summed E-state index contributed by atoms with van der Waals surface area (Å²) in [7, 11) is 0. The standard InChI is InChI=1S/C17H14F6N2O/c1-2-10-3-5-13(6-4-10)24-15(26)25-14-8-11(16(18,19)20)7-12(9-14)17(21,22)23/h3-9H,2H2,1H3,(H2,24,25,26). The molecule has 0 aliphatic rings. The summed E-state index contributed by atoms with van der Waals surface area (Å²) in [5.74, 6) is 0. The molecule has 0 atom stereocenters. The molecule has 0 radical (unpaired) electrons. The van der Waals surface area contributed by atoms with Crippen molar-refractivity contribution in [2.24, 2.45) is 0 Å². The van der Waals surface area contributed by atoms with Crippen molar-refractivity contribution in [3.05, 3.63) is 59.2 Å². The first kappa shape index (κ1) is 19.6. The Kier molecular flexibility index (Phi) is 5.48. The van der Waals surface area contributed by atoms with Crippen LogP contribution < -0.4 is 10.6 Å². The fourth-order valence-electron chi connectivity index (χ4n) is 2.14. The van der Waals surface area contributed by atoms with Crippen LogP contribution in [-0.4, -0.2) is 6.03 Å². The number of rotatable bonds is 3. The molecule has 2 rings (SSSR count). The van der Waals surface area contributed by atoms with Crippen LogP contribution in [0.15, 0.2) is 42.5 Å². The summed E-state index contributed by atoms with van der Waals surface area (Å²) >= 11 is 0. The Bertz CT molecular complexity index is 749. The molecule has 9 heteroatoms. The number of alkyl halides is 6. The van der Waals surface area contributed by atoms with E-state index in [2.05, 4.69) is 5.32 Å². The first-order valence-electron chi connectivity index (χ1n) is 7.45. The van der Waals surface area contributed by atoms with Gasteiger partial charge in [-0.05, 0) is 42.3 Å². The maximum atomic E-state index is 12.8. The van der Waals surface area contributed by atoms with E-state index in [4.69, 9.17) is 0 Å². The molecule has 140 valence electrons. The minimum Gasteiger partial charge on any atom is -0.308 e. The average Bonchev–Trinajstić information content (AvgIpc) is 2.53. The second-order valence-corrected chi connectivity index (χ2v) is 5.42. The van der Waals surface area contributed by atoms with Gasteiger partial charge in [-0.25, -0.2) is 4.79 Å². The highest BCUT2D eigenvalue weighted by atomic mass is 19.4. The van der Waals surface area contributed by atoms with Gasteiger partial charge in [0, 0.05) is 11.4 Å². The molecule has 0 aliphatic heterocycles. The molecule has 2 aromatic rings. The van der Waals surface area contributed by atoms with Crippen LogP contribution in [0.2, 0.25) is 0 Å². The Hall–Kier alpha value is -2.71. The third-order valence-electron chi connectivity index (χ3n) is 3.47. The Morgan fingerprint density at radius 3 is 1.69 bits per heavy atom. The van der Waals surface area contributed by atoms with E-state index in [0.717, 1.165) is 12.0 Å². The lowest BCUT2D eigenvalue weighted by atomic mass is 10.1. The normalized spacial score (nSPS) is 12.0. The molecule has 0 aromatic heterocycles. The maximum absolute atomic E-state index is 12.8. The largest absolute Gasteiger partial charge is 0.416 e. The average molecular weight is 376 g/mol. The molecule has 3 nitrogen and oxygen atoms in total. The van der Waals surface area contributed by atoms with Gasteiger partial charge in [-0.1, -0.05) is 19.1 Å². The summed E-state index contributed by atoms with van der Waals surface area (Å²) in [6.45, 7) is 1.93. The van der Waals surface area contributed by atoms with E-state index in [1.54, 1.807) is 24.3 Å². The van der Waals surface area contributed by atoms with E-state index < -0.39 is 35.2 Å². The third kappa shape index (κ3) is 5.14. The summed E-state index contributed by atoms with van der Waals surface area (Å²) in [5, 5.41) is 4.34. The fraction of sp³-hybridized carbons (Fsp3) is 0.235. The van der Waals surface area contributed by atoms with Gasteiger partial charge in [0.25, 0.3) is 0 Å². The van der Waals surface area contributed by atoms with Gasteiger partial charge in [-0.3, -0.25) is 0 Å². The summed E-state index contributed by atoms with van der Waals surface area (Å²) in [6.07, 6.45) is -9.19. The Morgan fingerprint density at radius 1 is 0.808 bits per heavy atom. The first-order chi connectivity index (χ1) is 12.0. The fourth-order valence-corrected chi connectivity index (χ4v) is 2.14. The van der Waals surface area contributed by atoms with Crippen LogP contribution in [-0.2, 0) is 18.8 Å². The highest BCUT2D eigenvalue weighted by Gasteiger charge is 2.37. The molecule has 2 amide bonds. The van der Waals surface area contributed by atoms with Crippen molar-refractivity contribution in [1.82, 2.24) is 0 Å². The molecule has 0 spiro atoms. The van der Waals surface area contributed by atoms with Gasteiger partial charge < -0.3 is 10.6 Å². The van der Waals surface area contributed by atoms with Crippen molar-refractivity contribution in [1.29, 1.82) is 0 Å². The van der Waals surface area contributed by atoms with E-state index in [9.17, 15) is 31.1 Å². The second-order valence-electron chi connectivity index (χ2n) is 5.42.